The molecule has 0 bridgehead atoms. The maximum atomic E-state index is 13.5. The summed E-state index contributed by atoms with van der Waals surface area (Å²) in [5.41, 5.74) is 3.13. The van der Waals surface area contributed by atoms with Gasteiger partial charge >= 0.3 is 0 Å². The summed E-state index contributed by atoms with van der Waals surface area (Å²) < 4.78 is 26.6. The van der Waals surface area contributed by atoms with Gasteiger partial charge in [0.2, 0.25) is 5.91 Å². The van der Waals surface area contributed by atoms with E-state index in [0.29, 0.717) is 5.69 Å². The molecule has 0 radical (unpaired) electrons. The summed E-state index contributed by atoms with van der Waals surface area (Å²) in [5.74, 6) is -2.87. The maximum Gasteiger partial charge on any atom is 0.254 e. The van der Waals surface area contributed by atoms with E-state index >= 15 is 0 Å². The first-order valence-electron chi connectivity index (χ1n) is 7.39. The number of carbonyl (C=O) groups excluding carboxylic acids is 2. The fourth-order valence-electron chi connectivity index (χ4n) is 2.49. The van der Waals surface area contributed by atoms with E-state index < -0.39 is 29.0 Å². The lowest BCUT2D eigenvalue weighted by atomic mass is 10.1. The number of halogens is 2. The van der Waals surface area contributed by atoms with Gasteiger partial charge in [0.15, 0.2) is 0 Å². The summed E-state index contributed by atoms with van der Waals surface area (Å²) in [4.78, 5) is 23.9. The van der Waals surface area contributed by atoms with E-state index in [-0.39, 0.29) is 6.54 Å². The predicted octanol–water partition coefficient (Wildman–Crippen LogP) is 3.26. The zero-order valence-electron chi connectivity index (χ0n) is 13.7. The monoisotopic (exact) mass is 332 g/mol. The first-order valence-corrected chi connectivity index (χ1v) is 7.39. The van der Waals surface area contributed by atoms with E-state index in [1.807, 2.05) is 32.9 Å². The standard InChI is InChI=1S/C18H18F2N2O2/c1-10-6-11(2)17(12(3)7-10)22-16(23)9-21-18(24)14-8-13(19)4-5-15(14)20/h4-8H,9H2,1-3H3,(H,21,24)(H,22,23). The van der Waals surface area contributed by atoms with Gasteiger partial charge in [-0.2, -0.15) is 0 Å². The molecule has 0 heterocycles. The highest BCUT2D eigenvalue weighted by Crippen LogP contribution is 2.21. The number of anilines is 1. The fourth-order valence-corrected chi connectivity index (χ4v) is 2.49. The van der Waals surface area contributed by atoms with E-state index in [9.17, 15) is 18.4 Å². The third kappa shape index (κ3) is 4.16. The Morgan fingerprint density at radius 2 is 1.62 bits per heavy atom. The maximum absolute atomic E-state index is 13.5. The molecule has 0 aliphatic heterocycles. The summed E-state index contributed by atoms with van der Waals surface area (Å²) in [6.07, 6.45) is 0. The van der Waals surface area contributed by atoms with Gasteiger partial charge in [0, 0.05) is 5.69 Å². The molecular weight excluding hydrogens is 314 g/mol. The van der Waals surface area contributed by atoms with E-state index in [4.69, 9.17) is 0 Å². The highest BCUT2D eigenvalue weighted by molar-refractivity contribution is 6.00. The van der Waals surface area contributed by atoms with Gasteiger partial charge in [0.1, 0.15) is 11.6 Å². The minimum Gasteiger partial charge on any atom is -0.343 e. The van der Waals surface area contributed by atoms with Crippen LogP contribution in [0.4, 0.5) is 14.5 Å². The molecule has 126 valence electrons. The Hall–Kier alpha value is -2.76. The average molecular weight is 332 g/mol. The van der Waals surface area contributed by atoms with Crippen molar-refractivity contribution in [2.24, 2.45) is 0 Å². The molecule has 0 aromatic heterocycles. The first-order chi connectivity index (χ1) is 11.3. The number of rotatable bonds is 4. The van der Waals surface area contributed by atoms with Crippen molar-refractivity contribution in [3.63, 3.8) is 0 Å². The zero-order valence-corrected chi connectivity index (χ0v) is 13.7. The van der Waals surface area contributed by atoms with Crippen LogP contribution >= 0.6 is 0 Å². The lowest BCUT2D eigenvalue weighted by molar-refractivity contribution is -0.115. The molecule has 6 heteroatoms. The second-order valence-corrected chi connectivity index (χ2v) is 5.63. The molecule has 0 saturated heterocycles. The van der Waals surface area contributed by atoms with Gasteiger partial charge in [0.05, 0.1) is 12.1 Å². The molecular formula is C18H18F2N2O2. The molecule has 2 aromatic carbocycles. The van der Waals surface area contributed by atoms with E-state index in [0.717, 1.165) is 34.9 Å². The van der Waals surface area contributed by atoms with Crippen LogP contribution < -0.4 is 10.6 Å². The molecule has 0 unspecified atom stereocenters. The SMILES string of the molecule is Cc1cc(C)c(NC(=O)CNC(=O)c2cc(F)ccc2F)c(C)c1. The van der Waals surface area contributed by atoms with Crippen LogP contribution in [0.3, 0.4) is 0 Å². The van der Waals surface area contributed by atoms with Crippen LogP contribution in [0, 0.1) is 32.4 Å². The Morgan fingerprint density at radius 3 is 2.25 bits per heavy atom. The van der Waals surface area contributed by atoms with Gasteiger partial charge in [-0.15, -0.1) is 0 Å². The number of nitrogens with one attached hydrogen (secondary N) is 2. The summed E-state index contributed by atoms with van der Waals surface area (Å²) in [6.45, 7) is 5.35. The molecule has 4 nitrogen and oxygen atoms in total. The van der Waals surface area contributed by atoms with Crippen LogP contribution in [0.5, 0.6) is 0 Å². The second-order valence-electron chi connectivity index (χ2n) is 5.63. The number of hydrogen-bond donors (Lipinski definition) is 2. The Balaban J connectivity index is 2.01. The number of benzene rings is 2. The van der Waals surface area contributed by atoms with Crippen molar-refractivity contribution in [2.75, 3.05) is 11.9 Å². The van der Waals surface area contributed by atoms with Crippen molar-refractivity contribution in [3.05, 3.63) is 64.2 Å². The van der Waals surface area contributed by atoms with Gasteiger partial charge in [-0.05, 0) is 50.1 Å². The normalized spacial score (nSPS) is 10.4. The molecule has 0 aliphatic rings. The first kappa shape index (κ1) is 17.6. The van der Waals surface area contributed by atoms with Crippen LogP contribution in [0.2, 0.25) is 0 Å². The lowest BCUT2D eigenvalue weighted by Crippen LogP contribution is -2.33. The highest BCUT2D eigenvalue weighted by Gasteiger charge is 2.14. The molecule has 24 heavy (non-hydrogen) atoms. The fraction of sp³-hybridized carbons (Fsp3) is 0.222. The summed E-state index contributed by atoms with van der Waals surface area (Å²) in [5, 5.41) is 5.00. The van der Waals surface area contributed by atoms with Crippen molar-refractivity contribution < 1.29 is 18.4 Å². The summed E-state index contributed by atoms with van der Waals surface area (Å²) >= 11 is 0. The van der Waals surface area contributed by atoms with Crippen LogP contribution in [-0.2, 0) is 4.79 Å². The number of amides is 2. The zero-order chi connectivity index (χ0) is 17.9. The number of hydrogen-bond acceptors (Lipinski definition) is 2. The Kier molecular flexibility index (Phi) is 5.28. The van der Waals surface area contributed by atoms with Crippen molar-refractivity contribution >= 4 is 17.5 Å². The average Bonchev–Trinajstić information content (AvgIpc) is 2.50. The van der Waals surface area contributed by atoms with Crippen LogP contribution in [0.15, 0.2) is 30.3 Å². The van der Waals surface area contributed by atoms with E-state index in [1.54, 1.807) is 0 Å². The summed E-state index contributed by atoms with van der Waals surface area (Å²) in [7, 11) is 0. The van der Waals surface area contributed by atoms with Gasteiger partial charge in [0.25, 0.3) is 5.91 Å². The highest BCUT2D eigenvalue weighted by atomic mass is 19.1. The molecule has 0 fully saturated rings. The minimum atomic E-state index is -0.848. The quantitative estimate of drug-likeness (QED) is 0.903. The smallest absolute Gasteiger partial charge is 0.254 e. The van der Waals surface area contributed by atoms with E-state index in [1.165, 1.54) is 0 Å². The van der Waals surface area contributed by atoms with E-state index in [2.05, 4.69) is 10.6 Å². The topological polar surface area (TPSA) is 58.2 Å². The lowest BCUT2D eigenvalue weighted by Gasteiger charge is -2.13. The van der Waals surface area contributed by atoms with Crippen molar-refractivity contribution in [1.29, 1.82) is 0 Å². The van der Waals surface area contributed by atoms with Crippen LogP contribution in [0.25, 0.3) is 0 Å². The Morgan fingerprint density at radius 1 is 1.00 bits per heavy atom. The number of aryl methyl sites for hydroxylation is 3. The molecule has 2 aromatic rings. The Labute approximate surface area is 138 Å². The van der Waals surface area contributed by atoms with Gasteiger partial charge in [-0.3, -0.25) is 9.59 Å². The third-order valence-corrected chi connectivity index (χ3v) is 3.52. The minimum absolute atomic E-state index is 0.346. The number of carbonyl (C=O) groups is 2. The molecule has 0 saturated carbocycles. The van der Waals surface area contributed by atoms with Crippen molar-refractivity contribution in [2.45, 2.75) is 20.8 Å². The predicted molar refractivity (Wildman–Crippen MR) is 88.0 cm³/mol. The largest absolute Gasteiger partial charge is 0.343 e. The molecule has 0 aliphatic carbocycles. The van der Waals surface area contributed by atoms with Crippen LogP contribution in [-0.4, -0.2) is 18.4 Å². The van der Waals surface area contributed by atoms with Crippen LogP contribution in [0.1, 0.15) is 27.0 Å². The van der Waals surface area contributed by atoms with Crippen molar-refractivity contribution in [1.82, 2.24) is 5.32 Å². The molecule has 2 amide bonds. The summed E-state index contributed by atoms with van der Waals surface area (Å²) in [6, 6.07) is 6.44. The van der Waals surface area contributed by atoms with Gasteiger partial charge in [-0.25, -0.2) is 8.78 Å². The second kappa shape index (κ2) is 7.21. The molecule has 0 atom stereocenters. The van der Waals surface area contributed by atoms with Gasteiger partial charge < -0.3 is 10.6 Å². The Bertz CT molecular complexity index is 781. The van der Waals surface area contributed by atoms with Gasteiger partial charge in [-0.1, -0.05) is 17.7 Å². The molecule has 2 rings (SSSR count). The third-order valence-electron chi connectivity index (χ3n) is 3.52. The molecule has 2 N–H and O–H groups in total. The van der Waals surface area contributed by atoms with Crippen molar-refractivity contribution in [3.8, 4) is 0 Å². The molecule has 0 spiro atoms.